The fraction of sp³-hybridized carbons (Fsp3) is 0.667. The second-order valence-corrected chi connectivity index (χ2v) is 6.86. The number of hydrogen-bond donors (Lipinski definition) is 1. The van der Waals surface area contributed by atoms with Crippen molar-refractivity contribution in [2.75, 3.05) is 13.7 Å². The molecule has 3 rings (SSSR count). The molecule has 2 fully saturated rings. The van der Waals surface area contributed by atoms with E-state index in [0.29, 0.717) is 12.0 Å². The fourth-order valence-corrected chi connectivity index (χ4v) is 4.21. The molecule has 2 heterocycles. The van der Waals surface area contributed by atoms with Crippen LogP contribution in [0.15, 0.2) is 22.8 Å². The number of carbonyl (C=O) groups excluding carboxylic acids is 2. The average Bonchev–Trinajstić information content (AvgIpc) is 3.22. The van der Waals surface area contributed by atoms with Gasteiger partial charge in [0.05, 0.1) is 26.0 Å². The van der Waals surface area contributed by atoms with Gasteiger partial charge in [-0.2, -0.15) is 0 Å². The minimum absolute atomic E-state index is 0.0842. The van der Waals surface area contributed by atoms with Gasteiger partial charge in [-0.05, 0) is 44.2 Å². The monoisotopic (exact) mass is 334 g/mol. The molecule has 2 aliphatic rings. The minimum atomic E-state index is -0.298. The Balaban J connectivity index is 1.65. The molecule has 4 atom stereocenters. The lowest BCUT2D eigenvalue weighted by Gasteiger charge is -2.32. The van der Waals surface area contributed by atoms with E-state index in [1.54, 1.807) is 12.3 Å². The number of carbonyl (C=O) groups is 2. The van der Waals surface area contributed by atoms with E-state index in [2.05, 4.69) is 10.2 Å². The molecule has 1 N–H and O–H groups in total. The molecule has 24 heavy (non-hydrogen) atoms. The number of amides is 1. The Morgan fingerprint density at radius 2 is 2.21 bits per heavy atom. The van der Waals surface area contributed by atoms with Crippen LogP contribution in [-0.4, -0.2) is 42.5 Å². The van der Waals surface area contributed by atoms with Crippen LogP contribution < -0.4 is 5.32 Å². The Hall–Kier alpha value is -1.82. The summed E-state index contributed by atoms with van der Waals surface area (Å²) in [5.74, 6) is 0.915. The molecule has 6 nitrogen and oxygen atoms in total. The Labute approximate surface area is 142 Å². The molecule has 0 radical (unpaired) electrons. The molecule has 1 aromatic heterocycles. The molecular formula is C18H26N2O4. The summed E-state index contributed by atoms with van der Waals surface area (Å²) in [6, 6.07) is 3.47. The second-order valence-electron chi connectivity index (χ2n) is 6.86. The standard InChI is InChI=1S/C18H26N2O4/c1-12(16-8-5-9-24-16)19-17(21)11-20-14-7-4-3-6-13(14)10-15(20)18(22)23-2/h5,8-9,12-15H,3-4,6-7,10-11H2,1-2H3,(H,19,21)/t12-,13+,14-,15+/m1/s1. The maximum Gasteiger partial charge on any atom is 0.323 e. The summed E-state index contributed by atoms with van der Waals surface area (Å²) in [6.07, 6.45) is 6.97. The summed E-state index contributed by atoms with van der Waals surface area (Å²) in [6.45, 7) is 2.12. The van der Waals surface area contributed by atoms with Crippen LogP contribution >= 0.6 is 0 Å². The molecule has 0 spiro atoms. The lowest BCUT2D eigenvalue weighted by Crippen LogP contribution is -2.48. The number of furan rings is 1. The maximum absolute atomic E-state index is 12.5. The molecule has 1 aromatic rings. The van der Waals surface area contributed by atoms with E-state index in [-0.39, 0.29) is 30.5 Å². The van der Waals surface area contributed by atoms with Gasteiger partial charge in [-0.25, -0.2) is 0 Å². The molecule has 1 saturated heterocycles. The van der Waals surface area contributed by atoms with Crippen molar-refractivity contribution >= 4 is 11.9 Å². The number of nitrogens with zero attached hydrogens (tertiary/aromatic N) is 1. The van der Waals surface area contributed by atoms with Crippen LogP contribution in [0.3, 0.4) is 0 Å². The van der Waals surface area contributed by atoms with Crippen molar-refractivity contribution in [3.8, 4) is 0 Å². The normalized spacial score (nSPS) is 28.2. The molecule has 132 valence electrons. The maximum atomic E-state index is 12.5. The molecule has 1 amide bonds. The van der Waals surface area contributed by atoms with E-state index in [4.69, 9.17) is 9.15 Å². The van der Waals surface area contributed by atoms with Gasteiger partial charge in [0.15, 0.2) is 0 Å². The molecule has 1 aliphatic heterocycles. The first kappa shape index (κ1) is 17.0. The predicted octanol–water partition coefficient (Wildman–Crippen LogP) is 2.26. The highest BCUT2D eigenvalue weighted by Crippen LogP contribution is 2.39. The Morgan fingerprint density at radius 1 is 1.42 bits per heavy atom. The molecular weight excluding hydrogens is 308 g/mol. The third-order valence-corrected chi connectivity index (χ3v) is 5.37. The highest BCUT2D eigenvalue weighted by molar-refractivity contribution is 5.81. The lowest BCUT2D eigenvalue weighted by molar-refractivity contribution is -0.146. The van der Waals surface area contributed by atoms with Gasteiger partial charge in [0.2, 0.25) is 5.91 Å². The highest BCUT2D eigenvalue weighted by atomic mass is 16.5. The van der Waals surface area contributed by atoms with Crippen LogP contribution in [-0.2, 0) is 14.3 Å². The number of rotatable bonds is 5. The Morgan fingerprint density at radius 3 is 2.92 bits per heavy atom. The number of methoxy groups -OCH3 is 1. The van der Waals surface area contributed by atoms with Gasteiger partial charge >= 0.3 is 5.97 Å². The molecule has 1 saturated carbocycles. The van der Waals surface area contributed by atoms with Gasteiger partial charge < -0.3 is 14.5 Å². The van der Waals surface area contributed by atoms with Crippen LogP contribution in [0.4, 0.5) is 0 Å². The summed E-state index contributed by atoms with van der Waals surface area (Å²) in [5.41, 5.74) is 0. The van der Waals surface area contributed by atoms with E-state index in [0.717, 1.165) is 31.4 Å². The van der Waals surface area contributed by atoms with Gasteiger partial charge in [-0.1, -0.05) is 12.8 Å². The van der Waals surface area contributed by atoms with Crippen LogP contribution in [0.1, 0.15) is 50.8 Å². The van der Waals surface area contributed by atoms with Crippen molar-refractivity contribution in [3.63, 3.8) is 0 Å². The SMILES string of the molecule is COC(=O)[C@@H]1C[C@@H]2CCCC[C@H]2N1CC(=O)N[C@H](C)c1ccco1. The summed E-state index contributed by atoms with van der Waals surface area (Å²) >= 11 is 0. The number of likely N-dealkylation sites (tertiary alicyclic amines) is 1. The summed E-state index contributed by atoms with van der Waals surface area (Å²) < 4.78 is 10.3. The van der Waals surface area contributed by atoms with Gasteiger partial charge in [-0.3, -0.25) is 14.5 Å². The molecule has 6 heteroatoms. The fourth-order valence-electron chi connectivity index (χ4n) is 4.21. The van der Waals surface area contributed by atoms with E-state index < -0.39 is 0 Å². The molecule has 0 bridgehead atoms. The largest absolute Gasteiger partial charge is 0.468 e. The smallest absolute Gasteiger partial charge is 0.323 e. The van der Waals surface area contributed by atoms with Crippen molar-refractivity contribution in [3.05, 3.63) is 24.2 Å². The van der Waals surface area contributed by atoms with Crippen molar-refractivity contribution in [2.24, 2.45) is 5.92 Å². The zero-order valence-electron chi connectivity index (χ0n) is 14.4. The van der Waals surface area contributed by atoms with E-state index in [1.807, 2.05) is 13.0 Å². The van der Waals surface area contributed by atoms with Gasteiger partial charge in [0.25, 0.3) is 0 Å². The summed E-state index contributed by atoms with van der Waals surface area (Å²) in [5, 5.41) is 2.96. The topological polar surface area (TPSA) is 71.8 Å². The highest BCUT2D eigenvalue weighted by Gasteiger charge is 2.46. The van der Waals surface area contributed by atoms with Crippen LogP contribution in [0, 0.1) is 5.92 Å². The van der Waals surface area contributed by atoms with Crippen LogP contribution in [0.25, 0.3) is 0 Å². The molecule has 1 aliphatic carbocycles. The zero-order chi connectivity index (χ0) is 17.1. The Kier molecular flexibility index (Phi) is 5.23. The van der Waals surface area contributed by atoms with Crippen molar-refractivity contribution in [1.82, 2.24) is 10.2 Å². The van der Waals surface area contributed by atoms with Crippen molar-refractivity contribution in [2.45, 2.75) is 57.2 Å². The number of ether oxygens (including phenoxy) is 1. The number of hydrogen-bond acceptors (Lipinski definition) is 5. The van der Waals surface area contributed by atoms with Gasteiger partial charge in [-0.15, -0.1) is 0 Å². The van der Waals surface area contributed by atoms with Crippen LogP contribution in [0.2, 0.25) is 0 Å². The van der Waals surface area contributed by atoms with E-state index in [9.17, 15) is 9.59 Å². The quantitative estimate of drug-likeness (QED) is 0.836. The third kappa shape index (κ3) is 3.48. The Bertz CT molecular complexity index is 572. The molecule has 0 aromatic carbocycles. The third-order valence-electron chi connectivity index (χ3n) is 5.37. The summed E-state index contributed by atoms with van der Waals surface area (Å²) in [4.78, 5) is 26.7. The number of fused-ring (bicyclic) bond motifs is 1. The minimum Gasteiger partial charge on any atom is -0.468 e. The first-order chi connectivity index (χ1) is 11.6. The lowest BCUT2D eigenvalue weighted by atomic mass is 9.85. The first-order valence-corrected chi connectivity index (χ1v) is 8.76. The van der Waals surface area contributed by atoms with Gasteiger partial charge in [0.1, 0.15) is 11.8 Å². The first-order valence-electron chi connectivity index (χ1n) is 8.76. The van der Waals surface area contributed by atoms with Crippen LogP contribution in [0.5, 0.6) is 0 Å². The molecule has 0 unspecified atom stereocenters. The number of esters is 1. The number of nitrogens with one attached hydrogen (secondary N) is 1. The summed E-state index contributed by atoms with van der Waals surface area (Å²) in [7, 11) is 1.42. The second kappa shape index (κ2) is 7.38. The average molecular weight is 334 g/mol. The van der Waals surface area contributed by atoms with E-state index in [1.165, 1.54) is 13.5 Å². The van der Waals surface area contributed by atoms with Gasteiger partial charge in [0, 0.05) is 6.04 Å². The van der Waals surface area contributed by atoms with E-state index >= 15 is 0 Å². The van der Waals surface area contributed by atoms with Crippen molar-refractivity contribution < 1.29 is 18.7 Å². The zero-order valence-corrected chi connectivity index (χ0v) is 14.4. The predicted molar refractivity (Wildman–Crippen MR) is 88.1 cm³/mol. The van der Waals surface area contributed by atoms with Crippen molar-refractivity contribution in [1.29, 1.82) is 0 Å².